The van der Waals surface area contributed by atoms with Crippen molar-refractivity contribution in [3.8, 4) is 11.5 Å². The third-order valence-corrected chi connectivity index (χ3v) is 4.58. The molecule has 1 heterocycles. The van der Waals surface area contributed by atoms with E-state index >= 15 is 0 Å². The maximum atomic E-state index is 5.65. The number of benzene rings is 2. The molecule has 0 radical (unpaired) electrons. The molecular formula is C18H21NO2S. The third-order valence-electron chi connectivity index (χ3n) is 3.84. The van der Waals surface area contributed by atoms with Crippen LogP contribution in [0, 0.1) is 0 Å². The van der Waals surface area contributed by atoms with E-state index in [0.717, 1.165) is 18.0 Å². The Balaban J connectivity index is 1.62. The van der Waals surface area contributed by atoms with Crippen LogP contribution in [0.3, 0.4) is 0 Å². The molecule has 2 aromatic rings. The SMILES string of the molecule is CSc1ccc(CNC(C)c2ccc3c(c2)OCCO3)cc1. The lowest BCUT2D eigenvalue weighted by atomic mass is 10.1. The smallest absolute Gasteiger partial charge is 0.161 e. The van der Waals surface area contributed by atoms with E-state index in [1.807, 2.05) is 6.07 Å². The van der Waals surface area contributed by atoms with Gasteiger partial charge in [0.15, 0.2) is 11.5 Å². The summed E-state index contributed by atoms with van der Waals surface area (Å²) in [6, 6.07) is 15.1. The van der Waals surface area contributed by atoms with Crippen LogP contribution >= 0.6 is 11.8 Å². The molecule has 0 saturated heterocycles. The Morgan fingerprint density at radius 3 is 2.50 bits per heavy atom. The van der Waals surface area contributed by atoms with Crippen LogP contribution < -0.4 is 14.8 Å². The van der Waals surface area contributed by atoms with E-state index in [4.69, 9.17) is 9.47 Å². The van der Waals surface area contributed by atoms with Crippen molar-refractivity contribution in [1.29, 1.82) is 0 Å². The number of nitrogens with one attached hydrogen (secondary N) is 1. The monoisotopic (exact) mass is 315 g/mol. The highest BCUT2D eigenvalue weighted by Crippen LogP contribution is 2.32. The molecule has 1 N–H and O–H groups in total. The summed E-state index contributed by atoms with van der Waals surface area (Å²) in [6.45, 7) is 4.28. The van der Waals surface area contributed by atoms with Crippen molar-refractivity contribution < 1.29 is 9.47 Å². The summed E-state index contributed by atoms with van der Waals surface area (Å²) in [5, 5.41) is 3.56. The van der Waals surface area contributed by atoms with E-state index < -0.39 is 0 Å². The first-order chi connectivity index (χ1) is 10.8. The second-order valence-corrected chi connectivity index (χ2v) is 6.23. The fourth-order valence-electron chi connectivity index (χ4n) is 2.46. The van der Waals surface area contributed by atoms with E-state index in [9.17, 15) is 0 Å². The molecule has 0 fully saturated rings. The summed E-state index contributed by atoms with van der Waals surface area (Å²) >= 11 is 1.77. The molecule has 0 amide bonds. The minimum Gasteiger partial charge on any atom is -0.486 e. The van der Waals surface area contributed by atoms with Crippen molar-refractivity contribution in [1.82, 2.24) is 5.32 Å². The molecule has 0 saturated carbocycles. The quantitative estimate of drug-likeness (QED) is 0.844. The lowest BCUT2D eigenvalue weighted by Gasteiger charge is -2.21. The summed E-state index contributed by atoms with van der Waals surface area (Å²) in [5.41, 5.74) is 2.51. The Hall–Kier alpha value is -1.65. The number of hydrogen-bond acceptors (Lipinski definition) is 4. The van der Waals surface area contributed by atoms with Crippen LogP contribution in [-0.4, -0.2) is 19.5 Å². The highest BCUT2D eigenvalue weighted by molar-refractivity contribution is 7.98. The Labute approximate surface area is 136 Å². The van der Waals surface area contributed by atoms with Gasteiger partial charge in [0.1, 0.15) is 13.2 Å². The van der Waals surface area contributed by atoms with Gasteiger partial charge in [-0.25, -0.2) is 0 Å². The zero-order valence-electron chi connectivity index (χ0n) is 13.0. The van der Waals surface area contributed by atoms with Crippen LogP contribution in [0.25, 0.3) is 0 Å². The molecule has 0 aromatic heterocycles. The first kappa shape index (κ1) is 15.3. The average Bonchev–Trinajstić information content (AvgIpc) is 2.59. The van der Waals surface area contributed by atoms with Crippen molar-refractivity contribution in [3.63, 3.8) is 0 Å². The van der Waals surface area contributed by atoms with E-state index in [-0.39, 0.29) is 6.04 Å². The van der Waals surface area contributed by atoms with Crippen molar-refractivity contribution in [3.05, 3.63) is 53.6 Å². The van der Waals surface area contributed by atoms with E-state index in [1.165, 1.54) is 16.0 Å². The molecule has 3 nitrogen and oxygen atoms in total. The fraction of sp³-hybridized carbons (Fsp3) is 0.333. The summed E-state index contributed by atoms with van der Waals surface area (Å²) in [7, 11) is 0. The summed E-state index contributed by atoms with van der Waals surface area (Å²) in [6.07, 6.45) is 2.09. The number of hydrogen-bond donors (Lipinski definition) is 1. The predicted molar refractivity (Wildman–Crippen MR) is 90.9 cm³/mol. The van der Waals surface area contributed by atoms with Gasteiger partial charge in [-0.05, 0) is 48.6 Å². The van der Waals surface area contributed by atoms with Gasteiger partial charge in [0, 0.05) is 17.5 Å². The van der Waals surface area contributed by atoms with Gasteiger partial charge < -0.3 is 14.8 Å². The summed E-state index contributed by atoms with van der Waals surface area (Å²) in [4.78, 5) is 1.30. The first-order valence-corrected chi connectivity index (χ1v) is 8.74. The van der Waals surface area contributed by atoms with E-state index in [0.29, 0.717) is 13.2 Å². The lowest BCUT2D eigenvalue weighted by Crippen LogP contribution is -2.19. The van der Waals surface area contributed by atoms with Crippen molar-refractivity contribution >= 4 is 11.8 Å². The molecule has 1 aliphatic rings. The van der Waals surface area contributed by atoms with Crippen molar-refractivity contribution in [2.45, 2.75) is 24.4 Å². The molecule has 3 rings (SSSR count). The van der Waals surface area contributed by atoms with E-state index in [1.54, 1.807) is 11.8 Å². The Morgan fingerprint density at radius 2 is 1.77 bits per heavy atom. The maximum Gasteiger partial charge on any atom is 0.161 e. The second-order valence-electron chi connectivity index (χ2n) is 5.35. The number of ether oxygens (including phenoxy) is 2. The lowest BCUT2D eigenvalue weighted by molar-refractivity contribution is 0.171. The second kappa shape index (κ2) is 7.07. The van der Waals surface area contributed by atoms with E-state index in [2.05, 4.69) is 54.9 Å². The average molecular weight is 315 g/mol. The van der Waals surface area contributed by atoms with Crippen LogP contribution in [0.2, 0.25) is 0 Å². The zero-order valence-corrected chi connectivity index (χ0v) is 13.8. The van der Waals surface area contributed by atoms with Crippen molar-refractivity contribution in [2.75, 3.05) is 19.5 Å². The molecule has 22 heavy (non-hydrogen) atoms. The summed E-state index contributed by atoms with van der Waals surface area (Å²) < 4.78 is 11.2. The van der Waals surface area contributed by atoms with Crippen LogP contribution in [0.15, 0.2) is 47.4 Å². The van der Waals surface area contributed by atoms with Crippen LogP contribution in [0.1, 0.15) is 24.1 Å². The Kier molecular flexibility index (Phi) is 4.90. The van der Waals surface area contributed by atoms with Gasteiger partial charge in [-0.1, -0.05) is 18.2 Å². The van der Waals surface area contributed by atoms with Crippen LogP contribution in [0.4, 0.5) is 0 Å². The number of fused-ring (bicyclic) bond motifs is 1. The van der Waals surface area contributed by atoms with Crippen LogP contribution in [0.5, 0.6) is 11.5 Å². The van der Waals surface area contributed by atoms with Gasteiger partial charge in [0.2, 0.25) is 0 Å². The van der Waals surface area contributed by atoms with Gasteiger partial charge in [0.05, 0.1) is 0 Å². The standard InChI is InChI=1S/C18H21NO2S/c1-13(19-12-14-3-6-16(22-2)7-4-14)15-5-8-17-18(11-15)21-10-9-20-17/h3-8,11,13,19H,9-10,12H2,1-2H3. The molecule has 116 valence electrons. The minimum atomic E-state index is 0.260. The Bertz CT molecular complexity index is 627. The highest BCUT2D eigenvalue weighted by atomic mass is 32.2. The maximum absolute atomic E-state index is 5.65. The highest BCUT2D eigenvalue weighted by Gasteiger charge is 2.14. The molecule has 1 aliphatic heterocycles. The first-order valence-electron chi connectivity index (χ1n) is 7.52. The van der Waals surface area contributed by atoms with Crippen molar-refractivity contribution in [2.24, 2.45) is 0 Å². The number of rotatable bonds is 5. The molecule has 1 atom stereocenters. The van der Waals surface area contributed by atoms with Gasteiger partial charge in [-0.3, -0.25) is 0 Å². The van der Waals surface area contributed by atoms with Crippen LogP contribution in [-0.2, 0) is 6.54 Å². The summed E-state index contributed by atoms with van der Waals surface area (Å²) in [5.74, 6) is 1.69. The van der Waals surface area contributed by atoms with Gasteiger partial charge in [-0.2, -0.15) is 0 Å². The molecular weight excluding hydrogens is 294 g/mol. The minimum absolute atomic E-state index is 0.260. The predicted octanol–water partition coefficient (Wildman–Crippen LogP) is 4.03. The topological polar surface area (TPSA) is 30.5 Å². The largest absolute Gasteiger partial charge is 0.486 e. The zero-order chi connectivity index (χ0) is 15.4. The Morgan fingerprint density at radius 1 is 1.05 bits per heavy atom. The van der Waals surface area contributed by atoms with Gasteiger partial charge in [-0.15, -0.1) is 11.8 Å². The molecule has 0 aliphatic carbocycles. The van der Waals surface area contributed by atoms with Gasteiger partial charge >= 0.3 is 0 Å². The fourth-order valence-corrected chi connectivity index (χ4v) is 2.87. The third kappa shape index (κ3) is 3.57. The molecule has 4 heteroatoms. The number of thioether (sulfide) groups is 1. The molecule has 2 aromatic carbocycles. The van der Waals surface area contributed by atoms with Gasteiger partial charge in [0.25, 0.3) is 0 Å². The normalized spacial score (nSPS) is 14.6. The molecule has 1 unspecified atom stereocenters. The molecule has 0 spiro atoms. The molecule has 0 bridgehead atoms.